The van der Waals surface area contributed by atoms with Crippen molar-refractivity contribution in [2.45, 2.75) is 6.54 Å². The number of methoxy groups -OCH3 is 1. The first-order valence-electron chi connectivity index (χ1n) is 7.55. The predicted molar refractivity (Wildman–Crippen MR) is 83.9 cm³/mol. The number of anilines is 1. The van der Waals surface area contributed by atoms with Crippen LogP contribution in [0.15, 0.2) is 23.4 Å². The Balaban J connectivity index is 1.96. The number of ether oxygens (including phenoxy) is 1. The fraction of sp³-hybridized carbons (Fsp3) is 0.312. The van der Waals surface area contributed by atoms with E-state index in [0.717, 1.165) is 6.07 Å². The lowest BCUT2D eigenvalue weighted by atomic mass is 10.1. The minimum absolute atomic E-state index is 0.0255. The van der Waals surface area contributed by atoms with E-state index in [2.05, 4.69) is 15.4 Å². The number of benzene rings is 1. The van der Waals surface area contributed by atoms with Crippen LogP contribution in [0.25, 0.3) is 0 Å². The summed E-state index contributed by atoms with van der Waals surface area (Å²) in [5, 5.41) is 14.3. The van der Waals surface area contributed by atoms with Crippen molar-refractivity contribution in [1.29, 1.82) is 0 Å². The van der Waals surface area contributed by atoms with Gasteiger partial charge >= 0.3 is 5.97 Å². The fourth-order valence-electron chi connectivity index (χ4n) is 2.85. The molecule has 0 radical (unpaired) electrons. The molecule has 0 spiro atoms. The first kappa shape index (κ1) is 16.9. The summed E-state index contributed by atoms with van der Waals surface area (Å²) < 4.78 is 18.8. The lowest BCUT2D eigenvalue weighted by Gasteiger charge is -2.15. The van der Waals surface area contributed by atoms with Crippen LogP contribution in [0, 0.1) is 5.82 Å². The third kappa shape index (κ3) is 2.93. The van der Waals surface area contributed by atoms with E-state index < -0.39 is 23.6 Å². The number of esters is 1. The lowest BCUT2D eigenvalue weighted by molar-refractivity contribution is -0.136. The fourth-order valence-corrected chi connectivity index (χ4v) is 2.85. The Morgan fingerprint density at radius 3 is 2.88 bits per heavy atom. The maximum absolute atomic E-state index is 14.1. The number of halogens is 1. The third-order valence-electron chi connectivity index (χ3n) is 4.09. The summed E-state index contributed by atoms with van der Waals surface area (Å²) in [6.07, 6.45) is 0. The predicted octanol–water partition coefficient (Wildman–Crippen LogP) is -0.257. The van der Waals surface area contributed by atoms with Crippen molar-refractivity contribution in [3.8, 4) is 0 Å². The molecular formula is C16H16FN3O5. The Morgan fingerprint density at radius 1 is 1.44 bits per heavy atom. The second-order valence-electron chi connectivity index (χ2n) is 5.59. The highest BCUT2D eigenvalue weighted by molar-refractivity contribution is 6.08. The molecule has 8 nitrogen and oxygen atoms in total. The van der Waals surface area contributed by atoms with Crippen LogP contribution in [0.1, 0.15) is 15.9 Å². The molecule has 25 heavy (non-hydrogen) atoms. The molecule has 0 fully saturated rings. The van der Waals surface area contributed by atoms with Crippen molar-refractivity contribution in [2.75, 3.05) is 32.1 Å². The van der Waals surface area contributed by atoms with Crippen LogP contribution in [0.5, 0.6) is 0 Å². The van der Waals surface area contributed by atoms with Crippen LogP contribution in [0.4, 0.5) is 10.1 Å². The smallest absolute Gasteiger partial charge is 0.337 e. The van der Waals surface area contributed by atoms with Gasteiger partial charge in [0, 0.05) is 29.9 Å². The van der Waals surface area contributed by atoms with E-state index in [9.17, 15) is 18.8 Å². The van der Waals surface area contributed by atoms with Crippen molar-refractivity contribution in [1.82, 2.24) is 10.2 Å². The minimum Gasteiger partial charge on any atom is -0.466 e. The number of aliphatic hydroxyl groups excluding tert-OH is 1. The Labute approximate surface area is 142 Å². The lowest BCUT2D eigenvalue weighted by Crippen LogP contribution is -2.31. The van der Waals surface area contributed by atoms with E-state index in [0.29, 0.717) is 0 Å². The molecule has 0 atom stereocenters. The zero-order valence-corrected chi connectivity index (χ0v) is 13.4. The van der Waals surface area contributed by atoms with Crippen LogP contribution in [-0.4, -0.2) is 54.6 Å². The Bertz CT molecular complexity index is 805. The molecule has 132 valence electrons. The SMILES string of the molecule is COC(=O)C1=C(Nc2cc(F)c3c(c2)C(=O)NC3)C(=O)N(CCO)C1. The zero-order chi connectivity index (χ0) is 18.1. The number of carbonyl (C=O) groups is 3. The van der Waals surface area contributed by atoms with Crippen LogP contribution >= 0.6 is 0 Å². The van der Waals surface area contributed by atoms with Crippen molar-refractivity contribution < 1.29 is 28.6 Å². The number of hydrogen-bond acceptors (Lipinski definition) is 6. The molecule has 0 unspecified atom stereocenters. The minimum atomic E-state index is -0.698. The molecule has 9 heteroatoms. The summed E-state index contributed by atoms with van der Waals surface area (Å²) in [5.74, 6) is -2.20. The maximum Gasteiger partial charge on any atom is 0.337 e. The van der Waals surface area contributed by atoms with Gasteiger partial charge in [-0.25, -0.2) is 9.18 Å². The number of aliphatic hydroxyl groups is 1. The second-order valence-corrected chi connectivity index (χ2v) is 5.59. The summed E-state index contributed by atoms with van der Waals surface area (Å²) in [4.78, 5) is 37.3. The molecule has 3 N–H and O–H groups in total. The zero-order valence-electron chi connectivity index (χ0n) is 13.4. The molecule has 1 aromatic carbocycles. The molecule has 0 aromatic heterocycles. The van der Waals surface area contributed by atoms with Crippen molar-refractivity contribution >= 4 is 23.5 Å². The van der Waals surface area contributed by atoms with Gasteiger partial charge in [-0.15, -0.1) is 0 Å². The maximum atomic E-state index is 14.1. The van der Waals surface area contributed by atoms with E-state index in [4.69, 9.17) is 5.11 Å². The number of carbonyl (C=O) groups excluding carboxylic acids is 3. The molecule has 1 aromatic rings. The average molecular weight is 349 g/mol. The number of amides is 2. The number of hydrogen-bond donors (Lipinski definition) is 3. The van der Waals surface area contributed by atoms with E-state index >= 15 is 0 Å². The van der Waals surface area contributed by atoms with Gasteiger partial charge in [-0.2, -0.15) is 0 Å². The van der Waals surface area contributed by atoms with Gasteiger partial charge in [0.1, 0.15) is 11.5 Å². The topological polar surface area (TPSA) is 108 Å². The van der Waals surface area contributed by atoms with Gasteiger partial charge in [0.05, 0.1) is 25.8 Å². The number of fused-ring (bicyclic) bond motifs is 1. The van der Waals surface area contributed by atoms with E-state index in [1.165, 1.54) is 18.1 Å². The number of β-amino-alcohol motifs (C(OH)–C–C–N with tert-alkyl or cyclic N) is 1. The van der Waals surface area contributed by atoms with E-state index in [-0.39, 0.29) is 54.3 Å². The summed E-state index contributed by atoms with van der Waals surface area (Å²) >= 11 is 0. The van der Waals surface area contributed by atoms with E-state index in [1.807, 2.05) is 0 Å². The number of rotatable bonds is 5. The van der Waals surface area contributed by atoms with Gasteiger partial charge < -0.3 is 25.4 Å². The van der Waals surface area contributed by atoms with Gasteiger partial charge in [-0.1, -0.05) is 0 Å². The van der Waals surface area contributed by atoms with Crippen LogP contribution in [0.3, 0.4) is 0 Å². The van der Waals surface area contributed by atoms with Crippen molar-refractivity contribution in [2.24, 2.45) is 0 Å². The highest BCUT2D eigenvalue weighted by Crippen LogP contribution is 2.27. The average Bonchev–Trinajstić information content (AvgIpc) is 3.10. The molecule has 0 saturated heterocycles. The molecule has 2 aliphatic heterocycles. The highest BCUT2D eigenvalue weighted by atomic mass is 19.1. The highest BCUT2D eigenvalue weighted by Gasteiger charge is 2.35. The Morgan fingerprint density at radius 2 is 2.20 bits per heavy atom. The first-order chi connectivity index (χ1) is 12.0. The van der Waals surface area contributed by atoms with Crippen molar-refractivity contribution in [3.63, 3.8) is 0 Å². The Hall–Kier alpha value is -2.94. The second kappa shape index (κ2) is 6.52. The summed E-state index contributed by atoms with van der Waals surface area (Å²) in [6, 6.07) is 2.58. The van der Waals surface area contributed by atoms with Crippen LogP contribution in [-0.2, 0) is 20.9 Å². The third-order valence-corrected chi connectivity index (χ3v) is 4.09. The quantitative estimate of drug-likeness (QED) is 0.633. The standard InChI is InChI=1S/C16H16FN3O5/c1-25-16(24)11-7-20(2-3-21)15(23)13(11)19-8-4-9-10(12(17)5-8)6-18-14(9)22/h4-5,19,21H,2-3,6-7H2,1H3,(H,18,22). The first-order valence-corrected chi connectivity index (χ1v) is 7.55. The van der Waals surface area contributed by atoms with Crippen molar-refractivity contribution in [3.05, 3.63) is 40.3 Å². The van der Waals surface area contributed by atoms with Gasteiger partial charge in [-0.3, -0.25) is 9.59 Å². The van der Waals surface area contributed by atoms with Gasteiger partial charge in [0.15, 0.2) is 0 Å². The molecular weight excluding hydrogens is 333 g/mol. The van der Waals surface area contributed by atoms with Crippen LogP contribution < -0.4 is 10.6 Å². The van der Waals surface area contributed by atoms with Gasteiger partial charge in [0.2, 0.25) is 0 Å². The molecule has 2 heterocycles. The largest absolute Gasteiger partial charge is 0.466 e. The van der Waals surface area contributed by atoms with E-state index in [1.54, 1.807) is 0 Å². The van der Waals surface area contributed by atoms with Gasteiger partial charge in [0.25, 0.3) is 11.8 Å². The number of nitrogens with zero attached hydrogens (tertiary/aromatic N) is 1. The molecule has 0 saturated carbocycles. The molecule has 2 amide bonds. The molecule has 3 rings (SSSR count). The molecule has 2 aliphatic rings. The number of nitrogens with one attached hydrogen (secondary N) is 2. The normalized spacial score (nSPS) is 16.2. The molecule has 0 bridgehead atoms. The monoisotopic (exact) mass is 349 g/mol. The molecule has 0 aliphatic carbocycles. The van der Waals surface area contributed by atoms with Gasteiger partial charge in [-0.05, 0) is 12.1 Å². The summed E-state index contributed by atoms with van der Waals surface area (Å²) in [5.41, 5.74) is 0.631. The Kier molecular flexibility index (Phi) is 4.41. The summed E-state index contributed by atoms with van der Waals surface area (Å²) in [7, 11) is 1.19. The summed E-state index contributed by atoms with van der Waals surface area (Å²) in [6.45, 7) is -0.130. The van der Waals surface area contributed by atoms with Crippen LogP contribution in [0.2, 0.25) is 0 Å².